The van der Waals surface area contributed by atoms with E-state index in [1.165, 1.54) is 0 Å². The number of para-hydroxylation sites is 1. The van der Waals surface area contributed by atoms with Gasteiger partial charge in [0.25, 0.3) is 5.91 Å². The average Bonchev–Trinajstić information content (AvgIpc) is 2.69. The molecule has 27 heavy (non-hydrogen) atoms. The van der Waals surface area contributed by atoms with Gasteiger partial charge in [-0.3, -0.25) is 14.3 Å². The number of benzene rings is 2. The number of rotatable bonds is 2. The molecule has 7 heteroatoms. The van der Waals surface area contributed by atoms with E-state index < -0.39 is 5.91 Å². The fraction of sp³-hybridized carbons (Fsp3) is 0.250. The number of aromatic nitrogens is 2. The summed E-state index contributed by atoms with van der Waals surface area (Å²) >= 11 is 6.09. The third-order valence-electron chi connectivity index (χ3n) is 4.95. The number of anilines is 1. The molecule has 0 saturated carbocycles. The van der Waals surface area contributed by atoms with Gasteiger partial charge in [0.05, 0.1) is 5.52 Å². The fourth-order valence-electron chi connectivity index (χ4n) is 3.57. The molecule has 2 N–H and O–H groups in total. The number of carbonyl (C=O) groups is 1. The van der Waals surface area contributed by atoms with E-state index in [0.29, 0.717) is 35.6 Å². The van der Waals surface area contributed by atoms with Crippen LogP contribution in [0.25, 0.3) is 10.9 Å². The van der Waals surface area contributed by atoms with Crippen LogP contribution in [0.1, 0.15) is 35.4 Å². The van der Waals surface area contributed by atoms with Gasteiger partial charge < -0.3 is 10.6 Å². The summed E-state index contributed by atoms with van der Waals surface area (Å²) in [5, 5.41) is 5.41. The number of nitrogens with two attached hydrogens (primary N) is 1. The van der Waals surface area contributed by atoms with Gasteiger partial charge in [-0.25, -0.2) is 0 Å². The summed E-state index contributed by atoms with van der Waals surface area (Å²) in [4.78, 5) is 27.8. The maximum Gasteiger partial charge on any atom is 0.282 e. The van der Waals surface area contributed by atoms with Gasteiger partial charge in [0.1, 0.15) is 0 Å². The van der Waals surface area contributed by atoms with Crippen LogP contribution in [0, 0.1) is 0 Å². The van der Waals surface area contributed by atoms with Gasteiger partial charge in [0.2, 0.25) is 5.43 Å². The summed E-state index contributed by atoms with van der Waals surface area (Å²) in [6, 6.07) is 12.3. The highest BCUT2D eigenvalue weighted by atomic mass is 35.5. The molecule has 2 heterocycles. The molecule has 0 bridgehead atoms. The van der Waals surface area contributed by atoms with Crippen molar-refractivity contribution in [2.45, 2.75) is 25.9 Å². The first-order chi connectivity index (χ1) is 13.0. The largest absolute Gasteiger partial charge is 0.324 e. The Kier molecular flexibility index (Phi) is 4.45. The minimum absolute atomic E-state index is 0.0769. The van der Waals surface area contributed by atoms with Gasteiger partial charge in [-0.15, -0.1) is 0 Å². The lowest BCUT2D eigenvalue weighted by Crippen LogP contribution is -2.41. The number of fused-ring (bicyclic) bond motifs is 2. The molecule has 1 aliphatic rings. The summed E-state index contributed by atoms with van der Waals surface area (Å²) in [5.74, 6) is -0.413. The molecule has 0 aliphatic carbocycles. The van der Waals surface area contributed by atoms with Crippen molar-refractivity contribution in [3.8, 4) is 0 Å². The molecule has 1 amide bonds. The fourth-order valence-corrected chi connectivity index (χ4v) is 3.75. The van der Waals surface area contributed by atoms with Crippen LogP contribution in [0.2, 0.25) is 5.02 Å². The molecule has 1 unspecified atom stereocenters. The van der Waals surface area contributed by atoms with E-state index in [2.05, 4.69) is 5.10 Å². The summed E-state index contributed by atoms with van der Waals surface area (Å²) in [7, 11) is 0. The van der Waals surface area contributed by atoms with Crippen LogP contribution in [-0.4, -0.2) is 22.2 Å². The Balaban J connectivity index is 1.86. The molecule has 2 aromatic carbocycles. The molecule has 1 atom stereocenters. The van der Waals surface area contributed by atoms with Crippen LogP contribution in [-0.2, 0) is 6.54 Å². The second-order valence-corrected chi connectivity index (χ2v) is 7.00. The van der Waals surface area contributed by atoms with E-state index in [1.807, 2.05) is 19.1 Å². The molecule has 1 aromatic heterocycles. The Labute approximate surface area is 161 Å². The lowest BCUT2D eigenvalue weighted by Gasteiger charge is -2.32. The first kappa shape index (κ1) is 17.7. The van der Waals surface area contributed by atoms with Crippen LogP contribution in [0.3, 0.4) is 0 Å². The molecule has 6 nitrogen and oxygen atoms in total. The number of carbonyl (C=O) groups excluding carboxylic acids is 1. The molecule has 3 aromatic rings. The van der Waals surface area contributed by atoms with E-state index in [-0.39, 0.29) is 17.2 Å². The molecular formula is C20H19ClN4O2. The van der Waals surface area contributed by atoms with Gasteiger partial charge in [0, 0.05) is 35.2 Å². The molecule has 1 aliphatic heterocycles. The van der Waals surface area contributed by atoms with Crippen LogP contribution in [0.5, 0.6) is 0 Å². The SMILES string of the molecule is CCn1nc(C(=O)N2CCC(N)c3cc(Cl)ccc32)c(=O)c2ccccc21. The van der Waals surface area contributed by atoms with Crippen molar-refractivity contribution in [3.63, 3.8) is 0 Å². The lowest BCUT2D eigenvalue weighted by atomic mass is 9.97. The Morgan fingerprint density at radius 2 is 2.07 bits per heavy atom. The minimum atomic E-state index is -0.413. The zero-order valence-corrected chi connectivity index (χ0v) is 15.6. The van der Waals surface area contributed by atoms with E-state index in [4.69, 9.17) is 17.3 Å². The topological polar surface area (TPSA) is 81.2 Å². The Morgan fingerprint density at radius 1 is 1.30 bits per heavy atom. The van der Waals surface area contributed by atoms with Crippen LogP contribution in [0.15, 0.2) is 47.3 Å². The molecule has 138 valence electrons. The van der Waals surface area contributed by atoms with E-state index in [1.54, 1.807) is 39.9 Å². The second-order valence-electron chi connectivity index (χ2n) is 6.57. The van der Waals surface area contributed by atoms with Gasteiger partial charge >= 0.3 is 0 Å². The zero-order valence-electron chi connectivity index (χ0n) is 14.9. The maximum atomic E-state index is 13.3. The minimum Gasteiger partial charge on any atom is -0.324 e. The van der Waals surface area contributed by atoms with E-state index >= 15 is 0 Å². The number of nitrogens with zero attached hydrogens (tertiary/aromatic N) is 3. The molecular weight excluding hydrogens is 364 g/mol. The molecule has 0 fully saturated rings. The van der Waals surface area contributed by atoms with Gasteiger partial charge in [-0.05, 0) is 49.2 Å². The third-order valence-corrected chi connectivity index (χ3v) is 5.19. The van der Waals surface area contributed by atoms with Crippen LogP contribution < -0.4 is 16.1 Å². The smallest absolute Gasteiger partial charge is 0.282 e. The normalized spacial score (nSPS) is 16.4. The molecule has 0 saturated heterocycles. The predicted molar refractivity (Wildman–Crippen MR) is 106 cm³/mol. The van der Waals surface area contributed by atoms with E-state index in [9.17, 15) is 9.59 Å². The van der Waals surface area contributed by atoms with Crippen molar-refractivity contribution in [2.24, 2.45) is 5.73 Å². The highest BCUT2D eigenvalue weighted by molar-refractivity contribution is 6.30. The summed E-state index contributed by atoms with van der Waals surface area (Å²) < 4.78 is 1.68. The Morgan fingerprint density at radius 3 is 2.85 bits per heavy atom. The zero-order chi connectivity index (χ0) is 19.1. The number of hydrogen-bond donors (Lipinski definition) is 1. The number of hydrogen-bond acceptors (Lipinski definition) is 4. The van der Waals surface area contributed by atoms with E-state index in [0.717, 1.165) is 11.1 Å². The van der Waals surface area contributed by atoms with Crippen molar-refractivity contribution >= 4 is 34.1 Å². The quantitative estimate of drug-likeness (QED) is 0.738. The Hall–Kier alpha value is -2.70. The number of amides is 1. The monoisotopic (exact) mass is 382 g/mol. The van der Waals surface area contributed by atoms with Crippen molar-refractivity contribution < 1.29 is 4.79 Å². The standard InChI is InChI=1S/C20H19ClN4O2/c1-2-25-17-6-4-3-5-13(17)19(26)18(23-25)20(27)24-10-9-15(22)14-11-12(21)7-8-16(14)24/h3-8,11,15H,2,9-10,22H2,1H3. The lowest BCUT2D eigenvalue weighted by molar-refractivity contribution is 0.0976. The van der Waals surface area contributed by atoms with Crippen molar-refractivity contribution in [3.05, 3.63) is 69.0 Å². The van der Waals surface area contributed by atoms with Crippen molar-refractivity contribution in [2.75, 3.05) is 11.4 Å². The highest BCUT2D eigenvalue weighted by Crippen LogP contribution is 2.34. The highest BCUT2D eigenvalue weighted by Gasteiger charge is 2.30. The maximum absolute atomic E-state index is 13.3. The van der Waals surface area contributed by atoms with Gasteiger partial charge in [-0.2, -0.15) is 5.10 Å². The number of halogens is 1. The first-order valence-electron chi connectivity index (χ1n) is 8.88. The molecule has 0 radical (unpaired) electrons. The van der Waals surface area contributed by atoms with Gasteiger partial charge in [0.15, 0.2) is 5.69 Å². The summed E-state index contributed by atoms with van der Waals surface area (Å²) in [5.41, 5.74) is 7.96. The van der Waals surface area contributed by atoms with Crippen LogP contribution in [0.4, 0.5) is 5.69 Å². The summed E-state index contributed by atoms with van der Waals surface area (Å²) in [6.45, 7) is 2.90. The van der Waals surface area contributed by atoms with Crippen molar-refractivity contribution in [1.82, 2.24) is 9.78 Å². The van der Waals surface area contributed by atoms with Crippen molar-refractivity contribution in [1.29, 1.82) is 0 Å². The van der Waals surface area contributed by atoms with Crippen LogP contribution >= 0.6 is 11.6 Å². The predicted octanol–water partition coefficient (Wildman–Crippen LogP) is 3.12. The third kappa shape index (κ3) is 2.91. The first-order valence-corrected chi connectivity index (χ1v) is 9.25. The molecule has 0 spiro atoms. The number of aryl methyl sites for hydroxylation is 1. The second kappa shape index (κ2) is 6.79. The van der Waals surface area contributed by atoms with Gasteiger partial charge in [-0.1, -0.05) is 23.7 Å². The summed E-state index contributed by atoms with van der Waals surface area (Å²) in [6.07, 6.45) is 0.592. The Bertz CT molecular complexity index is 1110. The molecule has 4 rings (SSSR count). The average molecular weight is 383 g/mol.